The molecule has 2 rings (SSSR count). The molecule has 35 heavy (non-hydrogen) atoms. The van der Waals surface area contributed by atoms with Crippen LogP contribution in [0.3, 0.4) is 0 Å². The molecule has 0 radical (unpaired) electrons. The predicted octanol–water partition coefficient (Wildman–Crippen LogP) is 6.75. The summed E-state index contributed by atoms with van der Waals surface area (Å²) >= 11 is 0. The lowest BCUT2D eigenvalue weighted by molar-refractivity contribution is -0.137. The summed E-state index contributed by atoms with van der Waals surface area (Å²) in [7, 11) is 0. The molecule has 0 saturated heterocycles. The number of benzene rings is 1. The second-order valence-electron chi connectivity index (χ2n) is 10.3. The highest BCUT2D eigenvalue weighted by Crippen LogP contribution is 2.21. The lowest BCUT2D eigenvalue weighted by Crippen LogP contribution is -2.49. The van der Waals surface area contributed by atoms with Crippen molar-refractivity contribution in [2.45, 2.75) is 87.7 Å². The number of carbonyl (C=O) groups excluding carboxylic acids is 2. The maximum atomic E-state index is 13.7. The highest BCUT2D eigenvalue weighted by molar-refractivity contribution is 5.88. The Kier molecular flexibility index (Phi) is 12.5. The first-order chi connectivity index (χ1) is 16.5. The highest BCUT2D eigenvalue weighted by Gasteiger charge is 2.28. The maximum absolute atomic E-state index is 13.7. The van der Waals surface area contributed by atoms with Gasteiger partial charge in [-0.25, -0.2) is 0 Å². The lowest BCUT2D eigenvalue weighted by atomic mass is 9.91. The minimum absolute atomic E-state index is 0.0773. The number of furan rings is 1. The largest absolute Gasteiger partial charge is 0.464 e. The van der Waals surface area contributed by atoms with Gasteiger partial charge >= 0.3 is 0 Å². The molecule has 2 aromatic rings. The van der Waals surface area contributed by atoms with Crippen LogP contribution in [0.4, 0.5) is 0 Å². The van der Waals surface area contributed by atoms with E-state index in [1.54, 1.807) is 18.7 Å². The van der Waals surface area contributed by atoms with Gasteiger partial charge in [0.2, 0.25) is 11.8 Å². The monoisotopic (exact) mass is 483 g/mol. The van der Waals surface area contributed by atoms with Crippen LogP contribution in [0, 0.1) is 11.3 Å². The topological polar surface area (TPSA) is 74.9 Å². The molecule has 0 unspecified atom stereocenters. The smallest absolute Gasteiger partial charge is 0.245 e. The Morgan fingerprint density at radius 1 is 1.17 bits per heavy atom. The Morgan fingerprint density at radius 3 is 2.46 bits per heavy atom. The summed E-state index contributed by atoms with van der Waals surface area (Å²) in [5, 5.41) is 4.02. The van der Waals surface area contributed by atoms with Crippen LogP contribution < -0.4 is 5.32 Å². The molecule has 0 aliphatic heterocycles. The normalized spacial score (nSPS) is 13.0. The molecule has 1 N–H and O–H groups in total. The number of fused-ring (bicyclic) bond motifs is 1. The van der Waals surface area contributed by atoms with Crippen LogP contribution in [0.1, 0.15) is 80.7 Å². The molecule has 0 saturated carbocycles. The summed E-state index contributed by atoms with van der Waals surface area (Å²) in [6.45, 7) is 19.1. The SMILES string of the molecule is CC.CC=N/C=C(\C)C[C@H](NC(=O)CC(C)(C)C)C(=O)N(Cc1ccc2occc2c1)CC(C)C. The van der Waals surface area contributed by atoms with E-state index in [9.17, 15) is 9.59 Å². The van der Waals surface area contributed by atoms with E-state index in [1.807, 2.05) is 77.6 Å². The quantitative estimate of drug-likeness (QED) is 0.380. The standard InChI is InChI=1S/C27H39N3O3.C2H6/c1-8-28-16-20(4)13-23(29-25(31)15-27(5,6)7)26(32)30(17-19(2)3)18-21-9-10-24-22(14-21)11-12-33-24;1-2/h8-12,14,16,19,23H,13,15,17-18H2,1-7H3,(H,29,31);1-2H3/b20-16+,28-8?;/t23-;/m0./s1. The van der Waals surface area contributed by atoms with E-state index < -0.39 is 6.04 Å². The third-order valence-corrected chi connectivity index (χ3v) is 5.08. The van der Waals surface area contributed by atoms with E-state index in [2.05, 4.69) is 24.2 Å². The second kappa shape index (κ2) is 14.5. The first kappa shape index (κ1) is 30.1. The summed E-state index contributed by atoms with van der Waals surface area (Å²) < 4.78 is 5.44. The molecule has 2 amide bonds. The lowest BCUT2D eigenvalue weighted by Gasteiger charge is -2.30. The van der Waals surface area contributed by atoms with Gasteiger partial charge in [0.1, 0.15) is 11.6 Å². The second-order valence-corrected chi connectivity index (χ2v) is 10.3. The van der Waals surface area contributed by atoms with Crippen molar-refractivity contribution in [1.29, 1.82) is 0 Å². The van der Waals surface area contributed by atoms with E-state index in [1.165, 1.54) is 0 Å². The van der Waals surface area contributed by atoms with Gasteiger partial charge in [-0.15, -0.1) is 0 Å². The van der Waals surface area contributed by atoms with Gasteiger partial charge in [0, 0.05) is 37.3 Å². The van der Waals surface area contributed by atoms with Crippen molar-refractivity contribution in [2.75, 3.05) is 6.54 Å². The number of rotatable bonds is 10. The number of nitrogens with one attached hydrogen (secondary N) is 1. The van der Waals surface area contributed by atoms with Crippen LogP contribution in [0.15, 0.2) is 51.7 Å². The van der Waals surface area contributed by atoms with Crippen molar-refractivity contribution >= 4 is 29.0 Å². The number of carbonyl (C=O) groups is 2. The van der Waals surface area contributed by atoms with Crippen LogP contribution in [0.25, 0.3) is 11.0 Å². The fourth-order valence-corrected chi connectivity index (χ4v) is 3.73. The van der Waals surface area contributed by atoms with Crippen molar-refractivity contribution in [3.8, 4) is 0 Å². The summed E-state index contributed by atoms with van der Waals surface area (Å²) in [6, 6.07) is 7.25. The van der Waals surface area contributed by atoms with Crippen LogP contribution in [-0.4, -0.2) is 35.5 Å². The Bertz CT molecular complexity index is 996. The minimum atomic E-state index is -0.639. The zero-order valence-corrected chi connectivity index (χ0v) is 23.1. The average Bonchev–Trinajstić information content (AvgIpc) is 3.24. The van der Waals surface area contributed by atoms with Gasteiger partial charge in [-0.1, -0.05) is 60.1 Å². The molecule has 6 nitrogen and oxygen atoms in total. The highest BCUT2D eigenvalue weighted by atomic mass is 16.3. The Labute approximate surface area is 211 Å². The molecule has 0 bridgehead atoms. The van der Waals surface area contributed by atoms with Crippen LogP contribution in [0.5, 0.6) is 0 Å². The Balaban J connectivity index is 0.00000298. The van der Waals surface area contributed by atoms with E-state index in [0.29, 0.717) is 31.8 Å². The minimum Gasteiger partial charge on any atom is -0.464 e. The number of hydrogen-bond acceptors (Lipinski definition) is 4. The molecule has 0 spiro atoms. The van der Waals surface area contributed by atoms with Gasteiger partial charge in [-0.05, 0) is 55.4 Å². The van der Waals surface area contributed by atoms with Crippen molar-refractivity contribution in [3.63, 3.8) is 0 Å². The Hall–Kier alpha value is -2.89. The molecule has 0 aliphatic rings. The van der Waals surface area contributed by atoms with Crippen LogP contribution >= 0.6 is 0 Å². The van der Waals surface area contributed by atoms with Gasteiger partial charge in [0.25, 0.3) is 0 Å². The average molecular weight is 484 g/mol. The molecule has 6 heteroatoms. The van der Waals surface area contributed by atoms with Gasteiger partial charge in [0.15, 0.2) is 0 Å². The number of nitrogens with zero attached hydrogens (tertiary/aromatic N) is 2. The number of amides is 2. The summed E-state index contributed by atoms with van der Waals surface area (Å²) in [5.41, 5.74) is 2.63. The molecular formula is C29H45N3O3. The summed E-state index contributed by atoms with van der Waals surface area (Å²) in [6.07, 6.45) is 5.89. The third-order valence-electron chi connectivity index (χ3n) is 5.08. The molecule has 194 valence electrons. The van der Waals surface area contributed by atoms with Gasteiger partial charge < -0.3 is 14.6 Å². The number of aliphatic imine (C=N–C) groups is 1. The molecule has 1 aromatic heterocycles. The van der Waals surface area contributed by atoms with Gasteiger partial charge in [-0.2, -0.15) is 0 Å². The molecule has 1 atom stereocenters. The third kappa shape index (κ3) is 10.9. The van der Waals surface area contributed by atoms with Crippen LogP contribution in [0.2, 0.25) is 0 Å². The van der Waals surface area contributed by atoms with Gasteiger partial charge in [0.05, 0.1) is 6.26 Å². The first-order valence-electron chi connectivity index (χ1n) is 12.7. The molecule has 1 aromatic carbocycles. The van der Waals surface area contributed by atoms with Crippen molar-refractivity contribution in [2.24, 2.45) is 16.3 Å². The van der Waals surface area contributed by atoms with E-state index >= 15 is 0 Å². The van der Waals surface area contributed by atoms with Crippen molar-refractivity contribution in [3.05, 3.63) is 47.9 Å². The van der Waals surface area contributed by atoms with Crippen molar-refractivity contribution in [1.82, 2.24) is 10.2 Å². The molecule has 1 heterocycles. The zero-order chi connectivity index (χ0) is 26.6. The first-order valence-corrected chi connectivity index (χ1v) is 12.7. The van der Waals surface area contributed by atoms with E-state index in [-0.39, 0.29) is 17.2 Å². The number of hydrogen-bond donors (Lipinski definition) is 1. The predicted molar refractivity (Wildman–Crippen MR) is 146 cm³/mol. The summed E-state index contributed by atoms with van der Waals surface area (Å²) in [4.78, 5) is 32.5. The fraction of sp³-hybridized carbons (Fsp3) is 0.552. The van der Waals surface area contributed by atoms with Crippen molar-refractivity contribution < 1.29 is 14.0 Å². The molecule has 0 aliphatic carbocycles. The maximum Gasteiger partial charge on any atom is 0.245 e. The van der Waals surface area contributed by atoms with E-state index in [0.717, 1.165) is 22.1 Å². The Morgan fingerprint density at radius 2 is 1.86 bits per heavy atom. The van der Waals surface area contributed by atoms with Crippen LogP contribution in [-0.2, 0) is 16.1 Å². The zero-order valence-electron chi connectivity index (χ0n) is 23.1. The summed E-state index contributed by atoms with van der Waals surface area (Å²) in [5.74, 6) is 0.0993. The molecule has 0 fully saturated rings. The van der Waals surface area contributed by atoms with E-state index in [4.69, 9.17) is 4.42 Å². The molecular weight excluding hydrogens is 438 g/mol. The van der Waals surface area contributed by atoms with Gasteiger partial charge in [-0.3, -0.25) is 14.6 Å². The fourth-order valence-electron chi connectivity index (χ4n) is 3.73.